The Kier molecular flexibility index (Phi) is 5.07. The van der Waals surface area contributed by atoms with Crippen molar-refractivity contribution in [1.29, 1.82) is 0 Å². The van der Waals surface area contributed by atoms with Crippen LogP contribution in [0.25, 0.3) is 0 Å². The van der Waals surface area contributed by atoms with Crippen molar-refractivity contribution in [3.05, 3.63) is 24.0 Å². The standard InChI is InChI=1S/C13H19N3O2S/c14-13(19)12-2-1-10(9-15-12)16-5-3-11(4-6-16)18-8-7-17/h1-2,9,11,17H,3-8H2,(H2,14,19). The fourth-order valence-electron chi connectivity index (χ4n) is 2.22. The third-order valence-electron chi connectivity index (χ3n) is 3.25. The monoisotopic (exact) mass is 281 g/mol. The number of piperidine rings is 1. The summed E-state index contributed by atoms with van der Waals surface area (Å²) in [7, 11) is 0. The molecule has 2 heterocycles. The van der Waals surface area contributed by atoms with Crippen LogP contribution in [0.1, 0.15) is 18.5 Å². The molecule has 0 bridgehead atoms. The molecule has 1 aromatic rings. The van der Waals surface area contributed by atoms with E-state index in [-0.39, 0.29) is 12.7 Å². The van der Waals surface area contributed by atoms with Crippen LogP contribution in [-0.4, -0.2) is 47.5 Å². The maximum Gasteiger partial charge on any atom is 0.122 e. The Bertz CT molecular complexity index is 416. The molecule has 6 heteroatoms. The van der Waals surface area contributed by atoms with Crippen molar-refractivity contribution in [1.82, 2.24) is 4.98 Å². The number of nitrogens with zero attached hydrogens (tertiary/aromatic N) is 2. The van der Waals surface area contributed by atoms with E-state index in [2.05, 4.69) is 9.88 Å². The lowest BCUT2D eigenvalue weighted by molar-refractivity contribution is 0.0159. The number of hydrogen-bond donors (Lipinski definition) is 2. The van der Waals surface area contributed by atoms with Gasteiger partial charge in [-0.05, 0) is 25.0 Å². The molecule has 0 aliphatic carbocycles. The minimum atomic E-state index is 0.0879. The highest BCUT2D eigenvalue weighted by Crippen LogP contribution is 2.20. The largest absolute Gasteiger partial charge is 0.394 e. The molecule has 0 radical (unpaired) electrons. The number of rotatable bonds is 5. The first kappa shape index (κ1) is 14.2. The van der Waals surface area contributed by atoms with Crippen LogP contribution in [0.15, 0.2) is 18.3 Å². The van der Waals surface area contributed by atoms with Crippen LogP contribution >= 0.6 is 12.2 Å². The molecule has 1 aromatic heterocycles. The zero-order valence-corrected chi connectivity index (χ0v) is 11.6. The number of nitrogens with two attached hydrogens (primary N) is 1. The lowest BCUT2D eigenvalue weighted by atomic mass is 10.1. The molecular formula is C13H19N3O2S. The molecule has 0 amide bonds. The average molecular weight is 281 g/mol. The number of aromatic nitrogens is 1. The minimum absolute atomic E-state index is 0.0879. The number of pyridine rings is 1. The normalized spacial score (nSPS) is 16.6. The highest BCUT2D eigenvalue weighted by atomic mass is 32.1. The van der Waals surface area contributed by atoms with E-state index < -0.39 is 0 Å². The van der Waals surface area contributed by atoms with Gasteiger partial charge in [0.05, 0.1) is 36.9 Å². The summed E-state index contributed by atoms with van der Waals surface area (Å²) in [6, 6.07) is 3.85. The second-order valence-electron chi connectivity index (χ2n) is 4.55. The molecule has 0 atom stereocenters. The topological polar surface area (TPSA) is 71.6 Å². The lowest BCUT2D eigenvalue weighted by Crippen LogP contribution is -2.37. The highest BCUT2D eigenvalue weighted by molar-refractivity contribution is 7.80. The zero-order valence-electron chi connectivity index (χ0n) is 10.8. The predicted octanol–water partition coefficient (Wildman–Crippen LogP) is 0.693. The Morgan fingerprint density at radius 2 is 2.21 bits per heavy atom. The van der Waals surface area contributed by atoms with Crippen LogP contribution in [0.2, 0.25) is 0 Å². The first-order chi connectivity index (χ1) is 9.20. The van der Waals surface area contributed by atoms with E-state index in [1.54, 1.807) is 0 Å². The van der Waals surface area contributed by atoms with Crippen molar-refractivity contribution in [3.63, 3.8) is 0 Å². The zero-order chi connectivity index (χ0) is 13.7. The Labute approximate surface area is 118 Å². The van der Waals surface area contributed by atoms with Crippen molar-refractivity contribution < 1.29 is 9.84 Å². The van der Waals surface area contributed by atoms with E-state index in [1.165, 1.54) is 0 Å². The summed E-state index contributed by atoms with van der Waals surface area (Å²) in [5.41, 5.74) is 7.26. The molecule has 0 spiro atoms. The van der Waals surface area contributed by atoms with Gasteiger partial charge in [0.2, 0.25) is 0 Å². The number of aliphatic hydroxyl groups excluding tert-OH is 1. The maximum atomic E-state index is 8.73. The number of anilines is 1. The van der Waals surface area contributed by atoms with E-state index in [1.807, 2.05) is 18.3 Å². The summed E-state index contributed by atoms with van der Waals surface area (Å²) in [6.45, 7) is 2.38. The van der Waals surface area contributed by atoms with Gasteiger partial charge < -0.3 is 20.5 Å². The molecule has 5 nitrogen and oxygen atoms in total. The van der Waals surface area contributed by atoms with Crippen LogP contribution < -0.4 is 10.6 Å². The van der Waals surface area contributed by atoms with Crippen molar-refractivity contribution in [2.45, 2.75) is 18.9 Å². The van der Waals surface area contributed by atoms with E-state index in [0.29, 0.717) is 17.3 Å². The molecule has 1 saturated heterocycles. The van der Waals surface area contributed by atoms with Crippen LogP contribution in [0.4, 0.5) is 5.69 Å². The first-order valence-corrected chi connectivity index (χ1v) is 6.85. The molecule has 1 fully saturated rings. The third-order valence-corrected chi connectivity index (χ3v) is 3.46. The molecule has 0 aromatic carbocycles. The van der Waals surface area contributed by atoms with Gasteiger partial charge in [-0.25, -0.2) is 0 Å². The number of thiocarbonyl (C=S) groups is 1. The van der Waals surface area contributed by atoms with Crippen molar-refractivity contribution in [3.8, 4) is 0 Å². The Morgan fingerprint density at radius 1 is 1.47 bits per heavy atom. The summed E-state index contributed by atoms with van der Waals surface area (Å²) in [5.74, 6) is 0. The van der Waals surface area contributed by atoms with Gasteiger partial charge in [0.15, 0.2) is 0 Å². The summed E-state index contributed by atoms with van der Waals surface area (Å²) in [4.78, 5) is 6.84. The van der Waals surface area contributed by atoms with Gasteiger partial charge in [-0.2, -0.15) is 0 Å². The van der Waals surface area contributed by atoms with Crippen LogP contribution in [0, 0.1) is 0 Å². The van der Waals surface area contributed by atoms with Crippen LogP contribution in [0.5, 0.6) is 0 Å². The van der Waals surface area contributed by atoms with Gasteiger partial charge in [-0.15, -0.1) is 0 Å². The number of aliphatic hydroxyl groups is 1. The second-order valence-corrected chi connectivity index (χ2v) is 4.99. The number of hydrogen-bond acceptors (Lipinski definition) is 5. The quantitative estimate of drug-likeness (QED) is 0.774. The average Bonchev–Trinajstić information content (AvgIpc) is 2.46. The van der Waals surface area contributed by atoms with Gasteiger partial charge in [0.1, 0.15) is 4.99 Å². The lowest BCUT2D eigenvalue weighted by Gasteiger charge is -2.33. The van der Waals surface area contributed by atoms with Crippen LogP contribution in [0.3, 0.4) is 0 Å². The maximum absolute atomic E-state index is 8.73. The van der Waals surface area contributed by atoms with Gasteiger partial charge in [0.25, 0.3) is 0 Å². The van der Waals surface area contributed by atoms with E-state index in [0.717, 1.165) is 31.6 Å². The fourth-order valence-corrected chi connectivity index (χ4v) is 2.34. The van der Waals surface area contributed by atoms with Crippen molar-refractivity contribution in [2.75, 3.05) is 31.2 Å². The van der Waals surface area contributed by atoms with Gasteiger partial charge in [0, 0.05) is 13.1 Å². The minimum Gasteiger partial charge on any atom is -0.394 e. The summed E-state index contributed by atoms with van der Waals surface area (Å²) in [6.07, 6.45) is 4.00. The molecule has 0 saturated carbocycles. The molecule has 19 heavy (non-hydrogen) atoms. The Morgan fingerprint density at radius 3 is 2.74 bits per heavy atom. The van der Waals surface area contributed by atoms with Crippen molar-refractivity contribution in [2.24, 2.45) is 5.73 Å². The summed E-state index contributed by atoms with van der Waals surface area (Å²) in [5, 5.41) is 8.73. The Hall–Kier alpha value is -1.24. The molecule has 3 N–H and O–H groups in total. The van der Waals surface area contributed by atoms with Crippen LogP contribution in [-0.2, 0) is 4.74 Å². The third kappa shape index (κ3) is 3.86. The first-order valence-electron chi connectivity index (χ1n) is 6.44. The van der Waals surface area contributed by atoms with Gasteiger partial charge in [-0.3, -0.25) is 4.98 Å². The van der Waals surface area contributed by atoms with E-state index >= 15 is 0 Å². The predicted molar refractivity (Wildman–Crippen MR) is 78.4 cm³/mol. The summed E-state index contributed by atoms with van der Waals surface area (Å²) < 4.78 is 5.54. The van der Waals surface area contributed by atoms with E-state index in [4.69, 9.17) is 27.8 Å². The smallest absolute Gasteiger partial charge is 0.122 e. The molecule has 0 unspecified atom stereocenters. The van der Waals surface area contributed by atoms with Crippen molar-refractivity contribution >= 4 is 22.9 Å². The Balaban J connectivity index is 1.88. The fraction of sp³-hybridized carbons (Fsp3) is 0.538. The SMILES string of the molecule is NC(=S)c1ccc(N2CCC(OCCO)CC2)cn1. The summed E-state index contributed by atoms with van der Waals surface area (Å²) >= 11 is 4.88. The molecule has 2 rings (SSSR count). The molecule has 1 aliphatic heterocycles. The second kappa shape index (κ2) is 6.79. The van der Waals surface area contributed by atoms with Gasteiger partial charge >= 0.3 is 0 Å². The highest BCUT2D eigenvalue weighted by Gasteiger charge is 2.19. The van der Waals surface area contributed by atoms with E-state index in [9.17, 15) is 0 Å². The molecular weight excluding hydrogens is 262 g/mol. The number of ether oxygens (including phenoxy) is 1. The molecule has 104 valence electrons. The molecule has 1 aliphatic rings. The van der Waals surface area contributed by atoms with Gasteiger partial charge in [-0.1, -0.05) is 12.2 Å².